The van der Waals surface area contributed by atoms with Gasteiger partial charge in [-0.15, -0.1) is 34.4 Å². The SMILES string of the molecule is O=C(NCc1csc(-c2cccs2)n1)C1CSCN1C(=O)c1ccccc1F. The second-order valence-corrected chi connectivity index (χ2v) is 8.92. The molecule has 1 aromatic carbocycles. The van der Waals surface area contributed by atoms with Crippen molar-refractivity contribution in [1.82, 2.24) is 15.2 Å². The van der Waals surface area contributed by atoms with E-state index < -0.39 is 17.8 Å². The number of carbonyl (C=O) groups is 2. The number of halogens is 1. The van der Waals surface area contributed by atoms with Crippen LogP contribution in [0.5, 0.6) is 0 Å². The van der Waals surface area contributed by atoms with Crippen molar-refractivity contribution in [3.8, 4) is 9.88 Å². The van der Waals surface area contributed by atoms with Crippen LogP contribution in [0.2, 0.25) is 0 Å². The van der Waals surface area contributed by atoms with E-state index in [1.54, 1.807) is 17.4 Å². The largest absolute Gasteiger partial charge is 0.349 e. The number of thiophene rings is 1. The number of carbonyl (C=O) groups excluding carboxylic acids is 2. The molecule has 0 saturated carbocycles. The quantitative estimate of drug-likeness (QED) is 0.664. The van der Waals surface area contributed by atoms with Crippen LogP contribution in [0.15, 0.2) is 47.2 Å². The van der Waals surface area contributed by atoms with E-state index >= 15 is 0 Å². The zero-order valence-corrected chi connectivity index (χ0v) is 17.1. The molecule has 1 unspecified atom stereocenters. The monoisotopic (exact) mass is 433 g/mol. The van der Waals surface area contributed by atoms with Crippen molar-refractivity contribution in [2.24, 2.45) is 0 Å². The summed E-state index contributed by atoms with van der Waals surface area (Å²) in [6.45, 7) is 0.295. The first-order chi connectivity index (χ1) is 13.6. The minimum atomic E-state index is -0.618. The molecule has 2 amide bonds. The number of rotatable bonds is 5. The summed E-state index contributed by atoms with van der Waals surface area (Å²) < 4.78 is 13.9. The number of thiazole rings is 1. The Morgan fingerprint density at radius 1 is 1.21 bits per heavy atom. The summed E-state index contributed by atoms with van der Waals surface area (Å²) in [5, 5.41) is 7.70. The maximum Gasteiger partial charge on any atom is 0.258 e. The van der Waals surface area contributed by atoms with E-state index in [0.717, 1.165) is 15.6 Å². The molecule has 28 heavy (non-hydrogen) atoms. The van der Waals surface area contributed by atoms with Crippen LogP contribution in [0, 0.1) is 5.82 Å². The van der Waals surface area contributed by atoms with Crippen LogP contribution >= 0.6 is 34.4 Å². The van der Waals surface area contributed by atoms with Gasteiger partial charge < -0.3 is 10.2 Å². The number of amides is 2. The first kappa shape index (κ1) is 19.1. The van der Waals surface area contributed by atoms with Crippen LogP contribution in [-0.2, 0) is 11.3 Å². The molecule has 1 aliphatic rings. The van der Waals surface area contributed by atoms with Crippen LogP contribution < -0.4 is 5.32 Å². The molecule has 0 bridgehead atoms. The highest BCUT2D eigenvalue weighted by molar-refractivity contribution is 7.99. The zero-order valence-electron chi connectivity index (χ0n) is 14.6. The van der Waals surface area contributed by atoms with Gasteiger partial charge in [-0.2, -0.15) is 0 Å². The molecule has 1 N–H and O–H groups in total. The molecule has 0 aliphatic carbocycles. The maximum absolute atomic E-state index is 13.9. The Labute approximate surface area is 173 Å². The van der Waals surface area contributed by atoms with Gasteiger partial charge in [0.05, 0.1) is 28.6 Å². The standard InChI is InChI=1S/C19H16FN3O2S3/c20-14-5-2-1-4-13(14)19(25)23-11-26-10-15(23)17(24)21-8-12-9-28-18(22-12)16-6-3-7-27-16/h1-7,9,15H,8,10-11H2,(H,21,24). The lowest BCUT2D eigenvalue weighted by Gasteiger charge is -2.23. The van der Waals surface area contributed by atoms with E-state index in [1.165, 1.54) is 46.2 Å². The average molecular weight is 434 g/mol. The van der Waals surface area contributed by atoms with Gasteiger partial charge in [-0.05, 0) is 23.6 Å². The van der Waals surface area contributed by atoms with E-state index in [1.807, 2.05) is 22.9 Å². The van der Waals surface area contributed by atoms with Crippen molar-refractivity contribution in [3.05, 3.63) is 64.2 Å². The van der Waals surface area contributed by atoms with E-state index in [-0.39, 0.29) is 11.5 Å². The lowest BCUT2D eigenvalue weighted by Crippen LogP contribution is -2.47. The Morgan fingerprint density at radius 3 is 2.86 bits per heavy atom. The highest BCUT2D eigenvalue weighted by atomic mass is 32.2. The number of aromatic nitrogens is 1. The van der Waals surface area contributed by atoms with Gasteiger partial charge in [0.25, 0.3) is 5.91 Å². The number of thioether (sulfide) groups is 1. The molecule has 0 spiro atoms. The summed E-state index contributed by atoms with van der Waals surface area (Å²) in [6, 6.07) is 9.20. The molecule has 4 rings (SSSR count). The first-order valence-electron chi connectivity index (χ1n) is 8.52. The minimum Gasteiger partial charge on any atom is -0.349 e. The highest BCUT2D eigenvalue weighted by Crippen LogP contribution is 2.28. The van der Waals surface area contributed by atoms with Crippen LogP contribution in [0.25, 0.3) is 9.88 Å². The Hall–Kier alpha value is -2.23. The van der Waals surface area contributed by atoms with Crippen molar-refractivity contribution in [1.29, 1.82) is 0 Å². The molecular weight excluding hydrogens is 417 g/mol. The number of hydrogen-bond acceptors (Lipinski definition) is 6. The summed E-state index contributed by atoms with van der Waals surface area (Å²) in [5.41, 5.74) is 0.766. The molecule has 2 aromatic heterocycles. The van der Waals surface area contributed by atoms with E-state index in [2.05, 4.69) is 10.3 Å². The summed E-state index contributed by atoms with van der Waals surface area (Å²) in [4.78, 5) is 32.4. The summed E-state index contributed by atoms with van der Waals surface area (Å²) >= 11 is 4.63. The van der Waals surface area contributed by atoms with Crippen LogP contribution in [0.3, 0.4) is 0 Å². The van der Waals surface area contributed by atoms with Crippen molar-refractivity contribution in [3.63, 3.8) is 0 Å². The fourth-order valence-corrected chi connectivity index (χ4v) is 5.63. The number of nitrogens with one attached hydrogen (secondary N) is 1. The Kier molecular flexibility index (Phi) is 5.74. The summed E-state index contributed by atoms with van der Waals surface area (Å²) in [7, 11) is 0. The number of nitrogens with zero attached hydrogens (tertiary/aromatic N) is 2. The van der Waals surface area contributed by atoms with Gasteiger partial charge in [0, 0.05) is 11.1 Å². The second kappa shape index (κ2) is 8.42. The predicted molar refractivity (Wildman–Crippen MR) is 111 cm³/mol. The van der Waals surface area contributed by atoms with Gasteiger partial charge in [-0.3, -0.25) is 9.59 Å². The Morgan fingerprint density at radius 2 is 2.07 bits per heavy atom. The second-order valence-electron chi connectivity index (χ2n) is 6.11. The molecule has 9 heteroatoms. The maximum atomic E-state index is 13.9. The van der Waals surface area contributed by atoms with Crippen LogP contribution in [0.4, 0.5) is 4.39 Å². The zero-order chi connectivity index (χ0) is 19.5. The topological polar surface area (TPSA) is 62.3 Å². The van der Waals surface area contributed by atoms with Crippen molar-refractivity contribution < 1.29 is 14.0 Å². The molecular formula is C19H16FN3O2S3. The van der Waals surface area contributed by atoms with E-state index in [0.29, 0.717) is 18.2 Å². The third-order valence-electron chi connectivity index (χ3n) is 4.28. The molecule has 1 atom stereocenters. The molecule has 144 valence electrons. The molecule has 5 nitrogen and oxygen atoms in total. The molecule has 1 fully saturated rings. The lowest BCUT2D eigenvalue weighted by molar-refractivity contribution is -0.124. The Balaban J connectivity index is 1.40. The Bertz CT molecular complexity index is 990. The summed E-state index contributed by atoms with van der Waals surface area (Å²) in [5.74, 6) is -0.432. The van der Waals surface area contributed by atoms with Gasteiger partial charge in [-0.25, -0.2) is 9.37 Å². The molecule has 3 heterocycles. The van der Waals surface area contributed by atoms with Crippen molar-refractivity contribution in [2.45, 2.75) is 12.6 Å². The molecule has 0 radical (unpaired) electrons. The summed E-state index contributed by atoms with van der Waals surface area (Å²) in [6.07, 6.45) is 0. The van der Waals surface area contributed by atoms with Gasteiger partial charge in [0.15, 0.2) is 0 Å². The van der Waals surface area contributed by atoms with Crippen molar-refractivity contribution in [2.75, 3.05) is 11.6 Å². The lowest BCUT2D eigenvalue weighted by atomic mass is 10.1. The number of benzene rings is 1. The average Bonchev–Trinajstić information content (AvgIpc) is 3.47. The number of hydrogen-bond donors (Lipinski definition) is 1. The molecule has 1 aliphatic heterocycles. The minimum absolute atomic E-state index is 0.0112. The van der Waals surface area contributed by atoms with Gasteiger partial charge in [0.1, 0.15) is 16.9 Å². The van der Waals surface area contributed by atoms with Crippen molar-refractivity contribution >= 4 is 46.2 Å². The smallest absolute Gasteiger partial charge is 0.258 e. The van der Waals surface area contributed by atoms with E-state index in [4.69, 9.17) is 0 Å². The van der Waals surface area contributed by atoms with E-state index in [9.17, 15) is 14.0 Å². The normalized spacial score (nSPS) is 16.3. The highest BCUT2D eigenvalue weighted by Gasteiger charge is 2.35. The molecule has 3 aromatic rings. The fraction of sp³-hybridized carbons (Fsp3) is 0.211. The van der Waals surface area contributed by atoms with Crippen LogP contribution in [0.1, 0.15) is 16.1 Å². The van der Waals surface area contributed by atoms with Gasteiger partial charge in [0.2, 0.25) is 5.91 Å². The fourth-order valence-electron chi connectivity index (χ4n) is 2.85. The van der Waals surface area contributed by atoms with Gasteiger partial charge in [-0.1, -0.05) is 18.2 Å². The third-order valence-corrected chi connectivity index (χ3v) is 7.22. The first-order valence-corrected chi connectivity index (χ1v) is 11.4. The third kappa shape index (κ3) is 3.96. The van der Waals surface area contributed by atoms with Crippen LogP contribution in [-0.4, -0.2) is 39.4 Å². The molecule has 1 saturated heterocycles. The van der Waals surface area contributed by atoms with Gasteiger partial charge >= 0.3 is 0 Å². The predicted octanol–water partition coefficient (Wildman–Crippen LogP) is 3.84.